The van der Waals surface area contributed by atoms with Crippen molar-refractivity contribution in [3.63, 3.8) is 0 Å². The lowest BCUT2D eigenvalue weighted by atomic mass is 10.1. The van der Waals surface area contributed by atoms with Crippen LogP contribution in [0.25, 0.3) is 0 Å². The van der Waals surface area contributed by atoms with Gasteiger partial charge in [-0.05, 0) is 24.3 Å². The van der Waals surface area contributed by atoms with E-state index in [0.717, 1.165) is 6.07 Å². The van der Waals surface area contributed by atoms with Crippen molar-refractivity contribution in [2.45, 2.75) is 6.61 Å². The molecule has 0 heterocycles. The monoisotopic (exact) mass is 300 g/mol. The molecule has 0 fully saturated rings. The average Bonchev–Trinajstić information content (AvgIpc) is 2.53. The molecule has 0 aliphatic carbocycles. The second kappa shape index (κ2) is 6.45. The lowest BCUT2D eigenvalue weighted by Gasteiger charge is -2.06. The van der Waals surface area contributed by atoms with E-state index in [0.29, 0.717) is 0 Å². The van der Waals surface area contributed by atoms with Gasteiger partial charge in [-0.15, -0.1) is 0 Å². The molecule has 2 aromatic rings. The number of halogens is 1. The van der Waals surface area contributed by atoms with Crippen molar-refractivity contribution in [1.29, 1.82) is 5.26 Å². The molecule has 0 amide bonds. The van der Waals surface area contributed by atoms with Crippen LogP contribution in [-0.2, 0) is 11.3 Å². The van der Waals surface area contributed by atoms with Gasteiger partial charge in [0.2, 0.25) is 0 Å². The summed E-state index contributed by atoms with van der Waals surface area (Å²) in [5, 5.41) is 19.1. The van der Waals surface area contributed by atoms with Crippen molar-refractivity contribution >= 4 is 11.7 Å². The quantitative estimate of drug-likeness (QED) is 0.491. The topological polar surface area (TPSA) is 93.2 Å². The van der Waals surface area contributed by atoms with Gasteiger partial charge in [0, 0.05) is 17.7 Å². The lowest BCUT2D eigenvalue weighted by Crippen LogP contribution is -2.06. The smallest absolute Gasteiger partial charge is 0.338 e. The Hall–Kier alpha value is -3.27. The third-order valence-electron chi connectivity index (χ3n) is 2.85. The predicted molar refractivity (Wildman–Crippen MR) is 73.3 cm³/mol. The minimum atomic E-state index is -0.723. The highest BCUT2D eigenvalue weighted by molar-refractivity contribution is 5.89. The van der Waals surface area contributed by atoms with Crippen LogP contribution >= 0.6 is 0 Å². The molecule has 0 spiro atoms. The summed E-state index contributed by atoms with van der Waals surface area (Å²) in [6.45, 7) is -0.298. The molecule has 6 nitrogen and oxygen atoms in total. The first-order valence-electron chi connectivity index (χ1n) is 6.11. The summed E-state index contributed by atoms with van der Waals surface area (Å²) in [5.41, 5.74) is 0.284. The number of esters is 1. The Bertz CT molecular complexity index is 766. The van der Waals surface area contributed by atoms with E-state index in [9.17, 15) is 19.3 Å². The summed E-state index contributed by atoms with van der Waals surface area (Å²) >= 11 is 0. The summed E-state index contributed by atoms with van der Waals surface area (Å²) in [7, 11) is 0. The summed E-state index contributed by atoms with van der Waals surface area (Å²) in [4.78, 5) is 21.7. The molecule has 0 bridgehead atoms. The second-order valence-electron chi connectivity index (χ2n) is 4.30. The van der Waals surface area contributed by atoms with Gasteiger partial charge in [0.05, 0.1) is 22.1 Å². The number of nitriles is 1. The number of rotatable bonds is 4. The van der Waals surface area contributed by atoms with Crippen LogP contribution in [0.3, 0.4) is 0 Å². The number of hydrogen-bond donors (Lipinski definition) is 0. The molecule has 0 unspecified atom stereocenters. The van der Waals surface area contributed by atoms with E-state index in [2.05, 4.69) is 0 Å². The number of nitro benzene ring substituents is 1. The molecule has 0 atom stereocenters. The maximum Gasteiger partial charge on any atom is 0.338 e. The number of non-ortho nitro benzene ring substituents is 1. The van der Waals surface area contributed by atoms with Crippen molar-refractivity contribution in [2.75, 3.05) is 0 Å². The normalized spacial score (nSPS) is 9.82. The van der Waals surface area contributed by atoms with Crippen molar-refractivity contribution in [2.24, 2.45) is 0 Å². The maximum absolute atomic E-state index is 13.6. The van der Waals surface area contributed by atoms with Crippen molar-refractivity contribution in [3.05, 3.63) is 75.1 Å². The first kappa shape index (κ1) is 15.1. The molecule has 0 N–H and O–H groups in total. The zero-order chi connectivity index (χ0) is 16.1. The summed E-state index contributed by atoms with van der Waals surface area (Å²) < 4.78 is 18.6. The Kier molecular flexibility index (Phi) is 4.44. The molecule has 7 heteroatoms. The molecular weight excluding hydrogens is 291 g/mol. The minimum absolute atomic E-state index is 0.125. The Morgan fingerprint density at radius 2 is 1.95 bits per heavy atom. The van der Waals surface area contributed by atoms with Crippen LogP contribution in [0.15, 0.2) is 42.5 Å². The van der Waals surface area contributed by atoms with E-state index in [1.165, 1.54) is 36.4 Å². The highest BCUT2D eigenvalue weighted by atomic mass is 19.1. The Labute approximate surface area is 124 Å². The van der Waals surface area contributed by atoms with E-state index in [1.54, 1.807) is 6.07 Å². The number of benzene rings is 2. The molecule has 0 saturated carbocycles. The van der Waals surface area contributed by atoms with Crippen LogP contribution in [0.1, 0.15) is 21.5 Å². The zero-order valence-corrected chi connectivity index (χ0v) is 11.2. The van der Waals surface area contributed by atoms with Gasteiger partial charge in [-0.3, -0.25) is 10.1 Å². The Morgan fingerprint density at radius 1 is 1.27 bits per heavy atom. The van der Waals surface area contributed by atoms with Crippen LogP contribution in [0.5, 0.6) is 0 Å². The highest BCUT2D eigenvalue weighted by Gasteiger charge is 2.12. The first-order valence-corrected chi connectivity index (χ1v) is 6.11. The molecule has 110 valence electrons. The summed E-state index contributed by atoms with van der Waals surface area (Å²) in [5.74, 6) is -1.37. The highest BCUT2D eigenvalue weighted by Crippen LogP contribution is 2.15. The minimum Gasteiger partial charge on any atom is -0.457 e. The fourth-order valence-electron chi connectivity index (χ4n) is 1.68. The van der Waals surface area contributed by atoms with Gasteiger partial charge < -0.3 is 4.74 Å². The molecule has 2 aromatic carbocycles. The van der Waals surface area contributed by atoms with Gasteiger partial charge >= 0.3 is 5.97 Å². The van der Waals surface area contributed by atoms with Crippen LogP contribution in [0.2, 0.25) is 0 Å². The van der Waals surface area contributed by atoms with Gasteiger partial charge in [0.25, 0.3) is 5.69 Å². The molecule has 0 aliphatic rings. The van der Waals surface area contributed by atoms with Crippen molar-refractivity contribution in [1.82, 2.24) is 0 Å². The Balaban J connectivity index is 2.04. The van der Waals surface area contributed by atoms with E-state index in [4.69, 9.17) is 10.00 Å². The number of nitrogens with zero attached hydrogens (tertiary/aromatic N) is 2. The summed E-state index contributed by atoms with van der Waals surface area (Å²) in [6, 6.07) is 10.5. The van der Waals surface area contributed by atoms with E-state index in [1.807, 2.05) is 0 Å². The number of ether oxygens (including phenoxy) is 1. The van der Waals surface area contributed by atoms with Gasteiger partial charge in [0.1, 0.15) is 12.4 Å². The Morgan fingerprint density at radius 3 is 2.50 bits per heavy atom. The van der Waals surface area contributed by atoms with E-state index in [-0.39, 0.29) is 29.0 Å². The predicted octanol–water partition coefficient (Wildman–Crippen LogP) is 2.96. The van der Waals surface area contributed by atoms with Gasteiger partial charge in [-0.2, -0.15) is 5.26 Å². The SMILES string of the molecule is N#Cc1ccc(COC(=O)c2ccc([N+](=O)[O-])cc2)c(F)c1. The van der Waals surface area contributed by atoms with Crippen LogP contribution < -0.4 is 0 Å². The van der Waals surface area contributed by atoms with Crippen LogP contribution in [-0.4, -0.2) is 10.9 Å². The lowest BCUT2D eigenvalue weighted by molar-refractivity contribution is -0.384. The van der Waals surface area contributed by atoms with Crippen molar-refractivity contribution in [3.8, 4) is 6.07 Å². The van der Waals surface area contributed by atoms with E-state index < -0.39 is 16.7 Å². The molecule has 22 heavy (non-hydrogen) atoms. The molecule has 2 rings (SSSR count). The summed E-state index contributed by atoms with van der Waals surface area (Å²) in [6.07, 6.45) is 0. The zero-order valence-electron chi connectivity index (χ0n) is 11.2. The number of hydrogen-bond acceptors (Lipinski definition) is 5. The molecule has 0 saturated heterocycles. The van der Waals surface area contributed by atoms with Crippen LogP contribution in [0, 0.1) is 27.3 Å². The van der Waals surface area contributed by atoms with Gasteiger partial charge in [-0.25, -0.2) is 9.18 Å². The third-order valence-corrected chi connectivity index (χ3v) is 2.85. The van der Waals surface area contributed by atoms with E-state index >= 15 is 0 Å². The fraction of sp³-hybridized carbons (Fsp3) is 0.0667. The molecular formula is C15H9FN2O4. The third kappa shape index (κ3) is 3.43. The number of carbonyl (C=O) groups is 1. The van der Waals surface area contributed by atoms with Crippen molar-refractivity contribution < 1.29 is 18.8 Å². The molecule has 0 radical (unpaired) electrons. The van der Waals surface area contributed by atoms with Gasteiger partial charge in [-0.1, -0.05) is 6.07 Å². The number of nitro groups is 1. The van der Waals surface area contributed by atoms with Crippen LogP contribution in [0.4, 0.5) is 10.1 Å². The number of carbonyl (C=O) groups excluding carboxylic acids is 1. The average molecular weight is 300 g/mol. The molecule has 0 aliphatic heterocycles. The first-order chi connectivity index (χ1) is 10.5. The van der Waals surface area contributed by atoms with Gasteiger partial charge in [0.15, 0.2) is 0 Å². The fourth-order valence-corrected chi connectivity index (χ4v) is 1.68. The second-order valence-corrected chi connectivity index (χ2v) is 4.30. The largest absolute Gasteiger partial charge is 0.457 e. The maximum atomic E-state index is 13.6. The standard InChI is InChI=1S/C15H9FN2O4/c16-14-7-10(8-17)1-2-12(14)9-22-15(19)11-3-5-13(6-4-11)18(20)21/h1-7H,9H2. The molecule has 0 aromatic heterocycles.